The summed E-state index contributed by atoms with van der Waals surface area (Å²) in [5.41, 5.74) is 8.16. The number of methoxy groups -OCH3 is 1. The van der Waals surface area contributed by atoms with Gasteiger partial charge >= 0.3 is 5.97 Å². The number of nitrogens with zero attached hydrogens (tertiary/aromatic N) is 1. The zero-order valence-corrected chi connectivity index (χ0v) is 18.8. The van der Waals surface area contributed by atoms with E-state index in [-0.39, 0.29) is 30.9 Å². The number of nitrogens with two attached hydrogens (primary N) is 1. The first-order valence-electron chi connectivity index (χ1n) is 11.3. The molecule has 7 nitrogen and oxygen atoms in total. The monoisotopic (exact) mass is 447 g/mol. The first kappa shape index (κ1) is 22.7. The number of amides is 1. The van der Waals surface area contributed by atoms with E-state index < -0.39 is 5.92 Å². The molecule has 3 aromatic rings. The normalized spacial score (nSPS) is 14.7. The van der Waals surface area contributed by atoms with Gasteiger partial charge in [-0.3, -0.25) is 14.6 Å². The van der Waals surface area contributed by atoms with Crippen molar-refractivity contribution in [3.63, 3.8) is 0 Å². The molecule has 0 spiro atoms. The van der Waals surface area contributed by atoms with Gasteiger partial charge in [-0.15, -0.1) is 0 Å². The van der Waals surface area contributed by atoms with E-state index in [0.717, 1.165) is 47.6 Å². The van der Waals surface area contributed by atoms with Crippen molar-refractivity contribution >= 4 is 28.3 Å². The van der Waals surface area contributed by atoms with E-state index in [1.54, 1.807) is 25.6 Å². The number of hydrogen-bond acceptors (Lipinski definition) is 6. The van der Waals surface area contributed by atoms with E-state index in [4.69, 9.17) is 15.2 Å². The SMILES string of the molecule is COc1cc(C(CN)C(=O)Nc2ccc3cnccc3c2)ccc1COC(=O)C1CCCC1. The second-order valence-electron chi connectivity index (χ2n) is 8.38. The maximum Gasteiger partial charge on any atom is 0.309 e. The molecule has 0 bridgehead atoms. The molecule has 1 aliphatic rings. The van der Waals surface area contributed by atoms with Crippen LogP contribution < -0.4 is 15.8 Å². The van der Waals surface area contributed by atoms with Gasteiger partial charge in [0.25, 0.3) is 0 Å². The summed E-state index contributed by atoms with van der Waals surface area (Å²) < 4.78 is 11.0. The zero-order valence-electron chi connectivity index (χ0n) is 18.8. The minimum atomic E-state index is -0.554. The summed E-state index contributed by atoms with van der Waals surface area (Å²) in [6.07, 6.45) is 7.46. The van der Waals surface area contributed by atoms with Crippen molar-refractivity contribution in [3.8, 4) is 5.75 Å². The van der Waals surface area contributed by atoms with E-state index >= 15 is 0 Å². The Balaban J connectivity index is 1.45. The van der Waals surface area contributed by atoms with Crippen molar-refractivity contribution in [1.29, 1.82) is 0 Å². The van der Waals surface area contributed by atoms with Crippen LogP contribution in [0.2, 0.25) is 0 Å². The van der Waals surface area contributed by atoms with Gasteiger partial charge in [-0.05, 0) is 48.1 Å². The van der Waals surface area contributed by atoms with Crippen LogP contribution in [0.4, 0.5) is 5.69 Å². The molecule has 33 heavy (non-hydrogen) atoms. The maximum absolute atomic E-state index is 13.0. The lowest BCUT2D eigenvalue weighted by Gasteiger charge is -2.18. The Bertz CT molecular complexity index is 1140. The van der Waals surface area contributed by atoms with Crippen molar-refractivity contribution in [2.75, 3.05) is 19.0 Å². The Kier molecular flexibility index (Phi) is 7.19. The lowest BCUT2D eigenvalue weighted by molar-refractivity contribution is -0.149. The van der Waals surface area contributed by atoms with E-state index in [1.807, 2.05) is 36.4 Å². The minimum Gasteiger partial charge on any atom is -0.496 e. The van der Waals surface area contributed by atoms with E-state index in [1.165, 1.54) is 0 Å². The molecule has 2 aromatic carbocycles. The number of fused-ring (bicyclic) bond motifs is 1. The fourth-order valence-electron chi connectivity index (χ4n) is 4.31. The van der Waals surface area contributed by atoms with Gasteiger partial charge in [0.1, 0.15) is 12.4 Å². The number of rotatable bonds is 8. The highest BCUT2D eigenvalue weighted by Crippen LogP contribution is 2.29. The fraction of sp³-hybridized carbons (Fsp3) is 0.346. The summed E-state index contributed by atoms with van der Waals surface area (Å²) in [7, 11) is 1.56. The van der Waals surface area contributed by atoms with Crippen LogP contribution in [0.3, 0.4) is 0 Å². The van der Waals surface area contributed by atoms with Gasteiger partial charge in [0, 0.05) is 35.6 Å². The van der Waals surface area contributed by atoms with Crippen molar-refractivity contribution in [2.45, 2.75) is 38.2 Å². The summed E-state index contributed by atoms with van der Waals surface area (Å²) in [5.74, 6) is -0.331. The van der Waals surface area contributed by atoms with Crippen LogP contribution in [0.15, 0.2) is 54.9 Å². The van der Waals surface area contributed by atoms with Crippen molar-refractivity contribution in [2.24, 2.45) is 11.7 Å². The minimum absolute atomic E-state index is 0.00644. The average molecular weight is 448 g/mol. The number of aromatic nitrogens is 1. The van der Waals surface area contributed by atoms with E-state index in [2.05, 4.69) is 10.3 Å². The number of esters is 1. The van der Waals surface area contributed by atoms with E-state index in [9.17, 15) is 9.59 Å². The molecule has 7 heteroatoms. The van der Waals surface area contributed by atoms with Crippen LogP contribution in [0, 0.1) is 5.92 Å². The Morgan fingerprint density at radius 1 is 1.12 bits per heavy atom. The molecule has 4 rings (SSSR count). The van der Waals surface area contributed by atoms with E-state index in [0.29, 0.717) is 11.4 Å². The van der Waals surface area contributed by atoms with Crippen molar-refractivity contribution in [3.05, 3.63) is 66.0 Å². The molecule has 1 amide bonds. The molecule has 0 aliphatic heterocycles. The first-order valence-corrected chi connectivity index (χ1v) is 11.3. The van der Waals surface area contributed by atoms with Gasteiger partial charge in [0.05, 0.1) is 18.9 Å². The van der Waals surface area contributed by atoms with Crippen LogP contribution in [0.1, 0.15) is 42.7 Å². The molecule has 1 heterocycles. The molecule has 1 unspecified atom stereocenters. The molecular weight excluding hydrogens is 418 g/mol. The van der Waals surface area contributed by atoms with Crippen LogP contribution in [-0.4, -0.2) is 30.5 Å². The summed E-state index contributed by atoms with van der Waals surface area (Å²) in [6, 6.07) is 13.0. The van der Waals surface area contributed by atoms with Gasteiger partial charge in [0.15, 0.2) is 0 Å². The van der Waals surface area contributed by atoms with Gasteiger partial charge < -0.3 is 20.5 Å². The number of hydrogen-bond donors (Lipinski definition) is 2. The second-order valence-corrected chi connectivity index (χ2v) is 8.38. The van der Waals surface area contributed by atoms with Gasteiger partial charge in [-0.2, -0.15) is 0 Å². The number of carbonyl (C=O) groups excluding carboxylic acids is 2. The van der Waals surface area contributed by atoms with Crippen LogP contribution in [-0.2, 0) is 20.9 Å². The maximum atomic E-state index is 13.0. The third-order valence-corrected chi connectivity index (χ3v) is 6.23. The lowest BCUT2D eigenvalue weighted by Crippen LogP contribution is -2.27. The van der Waals surface area contributed by atoms with Crippen LogP contribution in [0.25, 0.3) is 10.8 Å². The molecule has 1 fully saturated rings. The molecule has 1 atom stereocenters. The quantitative estimate of drug-likeness (QED) is 0.503. The number of benzene rings is 2. The Hall–Kier alpha value is -3.45. The smallest absolute Gasteiger partial charge is 0.309 e. The number of anilines is 1. The van der Waals surface area contributed by atoms with Gasteiger partial charge in [-0.25, -0.2) is 0 Å². The summed E-state index contributed by atoms with van der Waals surface area (Å²) >= 11 is 0. The zero-order chi connectivity index (χ0) is 23.2. The fourth-order valence-corrected chi connectivity index (χ4v) is 4.31. The highest BCUT2D eigenvalue weighted by atomic mass is 16.5. The number of carbonyl (C=O) groups is 2. The summed E-state index contributed by atoms with van der Waals surface area (Å²) in [6.45, 7) is 0.284. The highest BCUT2D eigenvalue weighted by Gasteiger charge is 2.25. The molecule has 3 N–H and O–H groups in total. The molecule has 1 aliphatic carbocycles. The molecule has 0 saturated heterocycles. The summed E-state index contributed by atoms with van der Waals surface area (Å²) in [5, 5.41) is 4.95. The van der Waals surface area contributed by atoms with Gasteiger partial charge in [-0.1, -0.05) is 31.0 Å². The standard InChI is InChI=1S/C26H29N3O4/c1-32-24-13-19(6-7-21(24)16-33-26(31)17-4-2-3-5-17)23(14-27)25(30)29-22-9-8-20-15-28-11-10-18(20)12-22/h6-13,15,17,23H,2-5,14,16,27H2,1H3,(H,29,30). The Labute approximate surface area is 193 Å². The number of pyridine rings is 1. The number of nitrogens with one attached hydrogen (secondary N) is 1. The predicted molar refractivity (Wildman–Crippen MR) is 127 cm³/mol. The molecule has 172 valence electrons. The average Bonchev–Trinajstić information content (AvgIpc) is 3.38. The lowest BCUT2D eigenvalue weighted by atomic mass is 9.96. The van der Waals surface area contributed by atoms with Crippen molar-refractivity contribution in [1.82, 2.24) is 4.98 Å². The van der Waals surface area contributed by atoms with Crippen LogP contribution in [0.5, 0.6) is 5.75 Å². The molecule has 1 saturated carbocycles. The second kappa shape index (κ2) is 10.4. The molecule has 1 aromatic heterocycles. The third-order valence-electron chi connectivity index (χ3n) is 6.23. The molecule has 0 radical (unpaired) electrons. The number of ether oxygens (including phenoxy) is 2. The van der Waals surface area contributed by atoms with Gasteiger partial charge in [0.2, 0.25) is 5.91 Å². The highest BCUT2D eigenvalue weighted by molar-refractivity contribution is 5.98. The van der Waals surface area contributed by atoms with Crippen molar-refractivity contribution < 1.29 is 19.1 Å². The largest absolute Gasteiger partial charge is 0.496 e. The molecular formula is C26H29N3O4. The first-order chi connectivity index (χ1) is 16.1. The van der Waals surface area contributed by atoms with Crippen LogP contribution >= 0.6 is 0 Å². The summed E-state index contributed by atoms with van der Waals surface area (Å²) in [4.78, 5) is 29.4. The third kappa shape index (κ3) is 5.31. The predicted octanol–water partition coefficient (Wildman–Crippen LogP) is 4.16. The Morgan fingerprint density at radius 3 is 2.70 bits per heavy atom. The topological polar surface area (TPSA) is 104 Å². The Morgan fingerprint density at radius 2 is 1.94 bits per heavy atom.